The van der Waals surface area contributed by atoms with Crippen LogP contribution < -0.4 is 10.4 Å². The third-order valence-electron chi connectivity index (χ3n) is 3.09. The molecule has 1 aliphatic heterocycles. The minimum Gasteiger partial charge on any atom is -0.305 e. The van der Waals surface area contributed by atoms with E-state index < -0.39 is 0 Å². The number of nitrogens with one attached hydrogen (secondary N) is 1. The molecule has 0 radical (unpaired) electrons. The van der Waals surface area contributed by atoms with E-state index in [-0.39, 0.29) is 6.04 Å². The normalized spacial score (nSPS) is 17.6. The van der Waals surface area contributed by atoms with Gasteiger partial charge in [0.2, 0.25) is 0 Å². The Morgan fingerprint density at radius 2 is 1.68 bits per heavy atom. The summed E-state index contributed by atoms with van der Waals surface area (Å²) < 4.78 is 0. The molecule has 2 aromatic rings. The first kappa shape index (κ1) is 12.4. The van der Waals surface area contributed by atoms with Crippen molar-refractivity contribution >= 4 is 28.9 Å². The maximum Gasteiger partial charge on any atom is 0.0952 e. The van der Waals surface area contributed by atoms with Crippen molar-refractivity contribution in [1.82, 2.24) is 5.43 Å². The highest BCUT2D eigenvalue weighted by Crippen LogP contribution is 2.34. The third kappa shape index (κ3) is 2.42. The number of para-hydroxylation sites is 1. The third-order valence-corrected chi connectivity index (χ3v) is 3.67. The molecule has 0 fully saturated rings. The zero-order chi connectivity index (χ0) is 13.2. The molecular weight excluding hydrogens is 279 g/mol. The lowest BCUT2D eigenvalue weighted by Gasteiger charge is -2.27. The van der Waals surface area contributed by atoms with Gasteiger partial charge in [-0.05, 0) is 35.9 Å². The van der Waals surface area contributed by atoms with E-state index in [4.69, 9.17) is 23.2 Å². The fraction of sp³-hybridized carbons (Fsp3) is 0.0667. The van der Waals surface area contributed by atoms with E-state index in [9.17, 15) is 0 Å². The van der Waals surface area contributed by atoms with Crippen molar-refractivity contribution in [2.75, 3.05) is 5.01 Å². The first-order valence-corrected chi connectivity index (χ1v) is 6.73. The van der Waals surface area contributed by atoms with Crippen LogP contribution in [0.15, 0.2) is 60.8 Å². The van der Waals surface area contributed by atoms with Crippen LogP contribution in [-0.2, 0) is 0 Å². The van der Waals surface area contributed by atoms with Crippen molar-refractivity contribution in [2.24, 2.45) is 0 Å². The molecule has 1 heterocycles. The lowest BCUT2D eigenvalue weighted by atomic mass is 10.1. The van der Waals surface area contributed by atoms with Crippen LogP contribution in [0.2, 0.25) is 10.0 Å². The van der Waals surface area contributed by atoms with Crippen LogP contribution in [-0.4, -0.2) is 0 Å². The summed E-state index contributed by atoms with van der Waals surface area (Å²) in [6.45, 7) is 0. The first-order valence-electron chi connectivity index (χ1n) is 5.98. The average Bonchev–Trinajstić information content (AvgIpc) is 2.89. The Bertz CT molecular complexity index is 608. The number of hydrogen-bond acceptors (Lipinski definition) is 2. The Morgan fingerprint density at radius 3 is 2.42 bits per heavy atom. The molecule has 0 aliphatic carbocycles. The van der Waals surface area contributed by atoms with E-state index in [0.29, 0.717) is 0 Å². The Kier molecular flexibility index (Phi) is 3.36. The van der Waals surface area contributed by atoms with Gasteiger partial charge < -0.3 is 5.43 Å². The highest BCUT2D eigenvalue weighted by Gasteiger charge is 2.23. The van der Waals surface area contributed by atoms with Crippen molar-refractivity contribution in [3.63, 3.8) is 0 Å². The molecule has 0 amide bonds. The summed E-state index contributed by atoms with van der Waals surface area (Å²) in [6.07, 6.45) is 4.01. The summed E-state index contributed by atoms with van der Waals surface area (Å²) in [6, 6.07) is 15.7. The number of hydrazine groups is 1. The second-order valence-corrected chi connectivity index (χ2v) is 5.15. The van der Waals surface area contributed by atoms with Gasteiger partial charge in [-0.1, -0.05) is 47.5 Å². The molecule has 3 rings (SSSR count). The second-order valence-electron chi connectivity index (χ2n) is 4.31. The van der Waals surface area contributed by atoms with E-state index in [2.05, 4.69) is 11.5 Å². The predicted octanol–water partition coefficient (Wildman–Crippen LogP) is 4.57. The monoisotopic (exact) mass is 290 g/mol. The van der Waals surface area contributed by atoms with Crippen LogP contribution in [0.1, 0.15) is 11.6 Å². The zero-order valence-corrected chi connectivity index (χ0v) is 11.6. The van der Waals surface area contributed by atoms with Crippen molar-refractivity contribution in [3.8, 4) is 0 Å². The van der Waals surface area contributed by atoms with Crippen LogP contribution in [0, 0.1) is 0 Å². The minimum absolute atomic E-state index is 0.108. The molecule has 1 N–H and O–H groups in total. The molecule has 2 nitrogen and oxygen atoms in total. The van der Waals surface area contributed by atoms with Gasteiger partial charge in [0.05, 0.1) is 16.8 Å². The number of benzene rings is 2. The summed E-state index contributed by atoms with van der Waals surface area (Å²) >= 11 is 12.2. The minimum atomic E-state index is 0.108. The molecule has 1 atom stereocenters. The molecule has 0 aromatic heterocycles. The maximum absolute atomic E-state index is 6.25. The van der Waals surface area contributed by atoms with Gasteiger partial charge in [0, 0.05) is 11.2 Å². The number of rotatable bonds is 2. The Hall–Kier alpha value is -1.64. The fourth-order valence-corrected chi connectivity index (χ4v) is 2.52. The molecule has 96 valence electrons. The van der Waals surface area contributed by atoms with Gasteiger partial charge in [-0.15, -0.1) is 0 Å². The molecule has 0 bridgehead atoms. The highest BCUT2D eigenvalue weighted by atomic mass is 35.5. The van der Waals surface area contributed by atoms with Crippen molar-refractivity contribution < 1.29 is 0 Å². The SMILES string of the molecule is Clc1ccc(C2C=CNN2c2ccccc2Cl)cc1. The number of anilines is 1. The average molecular weight is 291 g/mol. The van der Waals surface area contributed by atoms with Gasteiger partial charge in [0.1, 0.15) is 0 Å². The van der Waals surface area contributed by atoms with Crippen LogP contribution in [0.5, 0.6) is 0 Å². The number of hydrogen-bond donors (Lipinski definition) is 1. The van der Waals surface area contributed by atoms with Crippen LogP contribution >= 0.6 is 23.2 Å². The molecular formula is C15H12Cl2N2. The molecule has 0 saturated carbocycles. The summed E-state index contributed by atoms with van der Waals surface area (Å²) in [5.74, 6) is 0. The highest BCUT2D eigenvalue weighted by molar-refractivity contribution is 6.33. The van der Waals surface area contributed by atoms with Crippen molar-refractivity contribution in [2.45, 2.75) is 6.04 Å². The van der Waals surface area contributed by atoms with Gasteiger partial charge in [-0.25, -0.2) is 0 Å². The van der Waals surface area contributed by atoms with E-state index in [1.54, 1.807) is 0 Å². The first-order chi connectivity index (χ1) is 9.25. The molecule has 2 aromatic carbocycles. The van der Waals surface area contributed by atoms with Gasteiger partial charge in [0.25, 0.3) is 0 Å². The fourth-order valence-electron chi connectivity index (χ4n) is 2.17. The van der Waals surface area contributed by atoms with Crippen molar-refractivity contribution in [1.29, 1.82) is 0 Å². The van der Waals surface area contributed by atoms with Crippen LogP contribution in [0.3, 0.4) is 0 Å². The van der Waals surface area contributed by atoms with Gasteiger partial charge in [-0.3, -0.25) is 5.01 Å². The van der Waals surface area contributed by atoms with Gasteiger partial charge in [0.15, 0.2) is 0 Å². The Morgan fingerprint density at radius 1 is 0.947 bits per heavy atom. The molecule has 4 heteroatoms. The summed E-state index contributed by atoms with van der Waals surface area (Å²) in [7, 11) is 0. The summed E-state index contributed by atoms with van der Waals surface area (Å²) in [5, 5.41) is 3.49. The largest absolute Gasteiger partial charge is 0.305 e. The summed E-state index contributed by atoms with van der Waals surface area (Å²) in [5.41, 5.74) is 5.32. The molecule has 1 unspecified atom stereocenters. The van der Waals surface area contributed by atoms with Crippen molar-refractivity contribution in [3.05, 3.63) is 76.4 Å². The molecule has 0 spiro atoms. The Labute approximate surface area is 122 Å². The Balaban J connectivity index is 1.95. The van der Waals surface area contributed by atoms with E-state index in [0.717, 1.165) is 21.3 Å². The lowest BCUT2D eigenvalue weighted by molar-refractivity contribution is 0.719. The second kappa shape index (κ2) is 5.16. The van der Waals surface area contributed by atoms with Gasteiger partial charge >= 0.3 is 0 Å². The standard InChI is InChI=1S/C15H12Cl2N2/c16-12-7-5-11(6-8-12)14-9-10-18-19(14)15-4-2-1-3-13(15)17/h1-10,14,18H. The quantitative estimate of drug-likeness (QED) is 0.871. The molecule has 1 aliphatic rings. The lowest BCUT2D eigenvalue weighted by Crippen LogP contribution is -2.32. The summed E-state index contributed by atoms with van der Waals surface area (Å²) in [4.78, 5) is 0. The van der Waals surface area contributed by atoms with Gasteiger partial charge in [-0.2, -0.15) is 0 Å². The molecule has 0 saturated heterocycles. The maximum atomic E-state index is 6.25. The smallest absolute Gasteiger partial charge is 0.0952 e. The van der Waals surface area contributed by atoms with E-state index >= 15 is 0 Å². The zero-order valence-electron chi connectivity index (χ0n) is 10.1. The number of halogens is 2. The predicted molar refractivity (Wildman–Crippen MR) is 80.4 cm³/mol. The van der Waals surface area contributed by atoms with E-state index in [1.807, 2.05) is 59.7 Å². The molecule has 19 heavy (non-hydrogen) atoms. The number of nitrogens with zero attached hydrogens (tertiary/aromatic N) is 1. The van der Waals surface area contributed by atoms with Crippen LogP contribution in [0.4, 0.5) is 5.69 Å². The van der Waals surface area contributed by atoms with Crippen LogP contribution in [0.25, 0.3) is 0 Å². The van der Waals surface area contributed by atoms with E-state index in [1.165, 1.54) is 0 Å². The topological polar surface area (TPSA) is 15.3 Å².